The van der Waals surface area contributed by atoms with Crippen LogP contribution in [0.1, 0.15) is 54.4 Å². The fraction of sp³-hybridized carbons (Fsp3) is 0.846. The van der Waals surface area contributed by atoms with Crippen molar-refractivity contribution >= 4 is 11.9 Å². The third-order valence-corrected chi connectivity index (χ3v) is 2.30. The number of aliphatic carboxylic acids is 1. The molecule has 0 spiro atoms. The maximum Gasteiger partial charge on any atom is 0.305 e. The molecular weight excluding hydrogens is 218 g/mol. The average Bonchev–Trinajstić information content (AvgIpc) is 1.96. The quantitative estimate of drug-likeness (QED) is 0.797. The molecule has 1 atom stereocenters. The zero-order chi connectivity index (χ0) is 13.9. The molecule has 0 saturated carbocycles. The van der Waals surface area contributed by atoms with E-state index in [1.54, 1.807) is 0 Å². The number of amides is 1. The summed E-state index contributed by atoms with van der Waals surface area (Å²) in [6.45, 7) is 11.5. The molecule has 0 aromatic rings. The summed E-state index contributed by atoms with van der Waals surface area (Å²) in [7, 11) is 0. The lowest BCUT2D eigenvalue weighted by molar-refractivity contribution is -0.138. The van der Waals surface area contributed by atoms with Crippen LogP contribution in [0.25, 0.3) is 0 Å². The summed E-state index contributed by atoms with van der Waals surface area (Å²) in [5, 5.41) is 11.7. The molecule has 4 nitrogen and oxygen atoms in total. The zero-order valence-electron chi connectivity index (χ0n) is 11.8. The summed E-state index contributed by atoms with van der Waals surface area (Å²) in [4.78, 5) is 22.6. The molecule has 1 amide bonds. The van der Waals surface area contributed by atoms with Crippen molar-refractivity contribution in [3.8, 4) is 0 Å². The Morgan fingerprint density at radius 1 is 1.12 bits per heavy atom. The minimum atomic E-state index is -0.881. The SMILES string of the molecule is CC(C)(C)CC(CC(=O)O)NC(=O)C(C)(C)C. The third kappa shape index (κ3) is 7.77. The molecule has 0 heterocycles. The van der Waals surface area contributed by atoms with E-state index in [1.165, 1.54) is 0 Å². The molecule has 0 saturated heterocycles. The van der Waals surface area contributed by atoms with E-state index in [1.807, 2.05) is 41.5 Å². The first-order chi connectivity index (χ1) is 7.42. The van der Waals surface area contributed by atoms with Crippen LogP contribution in [0.5, 0.6) is 0 Å². The van der Waals surface area contributed by atoms with E-state index in [4.69, 9.17) is 5.11 Å². The van der Waals surface area contributed by atoms with E-state index in [9.17, 15) is 9.59 Å². The second kappa shape index (κ2) is 5.52. The maximum atomic E-state index is 11.8. The van der Waals surface area contributed by atoms with E-state index >= 15 is 0 Å². The second-order valence-electron chi connectivity index (χ2n) is 6.78. The highest BCUT2D eigenvalue weighted by atomic mass is 16.4. The van der Waals surface area contributed by atoms with Gasteiger partial charge < -0.3 is 10.4 Å². The number of carboxylic acid groups (broad SMARTS) is 1. The van der Waals surface area contributed by atoms with Gasteiger partial charge in [-0.25, -0.2) is 0 Å². The maximum absolute atomic E-state index is 11.8. The van der Waals surface area contributed by atoms with E-state index in [-0.39, 0.29) is 23.8 Å². The molecular formula is C13H25NO3. The van der Waals surface area contributed by atoms with Crippen molar-refractivity contribution in [2.75, 3.05) is 0 Å². The molecule has 100 valence electrons. The molecule has 1 unspecified atom stereocenters. The molecule has 2 N–H and O–H groups in total. The minimum Gasteiger partial charge on any atom is -0.481 e. The van der Waals surface area contributed by atoms with Crippen LogP contribution in [0.3, 0.4) is 0 Å². The molecule has 0 aliphatic heterocycles. The van der Waals surface area contributed by atoms with Gasteiger partial charge in [0.05, 0.1) is 6.42 Å². The van der Waals surface area contributed by atoms with Gasteiger partial charge in [-0.1, -0.05) is 41.5 Å². The van der Waals surface area contributed by atoms with E-state index in [0.29, 0.717) is 6.42 Å². The molecule has 0 aliphatic carbocycles. The zero-order valence-corrected chi connectivity index (χ0v) is 11.8. The number of carboxylic acids is 1. The summed E-state index contributed by atoms with van der Waals surface area (Å²) in [6.07, 6.45) is 0.625. The molecule has 0 aliphatic rings. The van der Waals surface area contributed by atoms with E-state index in [0.717, 1.165) is 0 Å². The Kier molecular flexibility index (Phi) is 5.17. The Hall–Kier alpha value is -1.06. The van der Waals surface area contributed by atoms with Crippen molar-refractivity contribution in [1.29, 1.82) is 0 Å². The largest absolute Gasteiger partial charge is 0.481 e. The van der Waals surface area contributed by atoms with E-state index < -0.39 is 11.4 Å². The topological polar surface area (TPSA) is 66.4 Å². The minimum absolute atomic E-state index is 0.00865. The van der Waals surface area contributed by atoms with Gasteiger partial charge in [0.1, 0.15) is 0 Å². The lowest BCUT2D eigenvalue weighted by Crippen LogP contribution is -2.44. The van der Waals surface area contributed by atoms with Gasteiger partial charge in [0.15, 0.2) is 0 Å². The number of nitrogens with one attached hydrogen (secondary N) is 1. The number of hydrogen-bond acceptors (Lipinski definition) is 2. The molecule has 0 bridgehead atoms. The van der Waals surface area contributed by atoms with Crippen LogP contribution in [0.15, 0.2) is 0 Å². The number of rotatable bonds is 4. The first-order valence-corrected chi connectivity index (χ1v) is 5.94. The highest BCUT2D eigenvalue weighted by Gasteiger charge is 2.27. The van der Waals surface area contributed by atoms with Crippen LogP contribution >= 0.6 is 0 Å². The van der Waals surface area contributed by atoms with Gasteiger partial charge in [-0.2, -0.15) is 0 Å². The Morgan fingerprint density at radius 2 is 1.59 bits per heavy atom. The predicted molar refractivity (Wildman–Crippen MR) is 67.7 cm³/mol. The summed E-state index contributed by atoms with van der Waals surface area (Å²) < 4.78 is 0. The smallest absolute Gasteiger partial charge is 0.305 e. The van der Waals surface area contributed by atoms with Gasteiger partial charge in [0, 0.05) is 11.5 Å². The molecule has 0 aromatic heterocycles. The monoisotopic (exact) mass is 243 g/mol. The third-order valence-electron chi connectivity index (χ3n) is 2.30. The Balaban J connectivity index is 4.60. The molecule has 0 rings (SSSR count). The van der Waals surface area contributed by atoms with Crippen molar-refractivity contribution in [2.45, 2.75) is 60.4 Å². The first-order valence-electron chi connectivity index (χ1n) is 5.94. The highest BCUT2D eigenvalue weighted by Crippen LogP contribution is 2.23. The summed E-state index contributed by atoms with van der Waals surface area (Å²) in [6, 6.07) is -0.306. The molecule has 4 heteroatoms. The fourth-order valence-electron chi connectivity index (χ4n) is 1.53. The van der Waals surface area contributed by atoms with Gasteiger partial charge in [-0.05, 0) is 11.8 Å². The predicted octanol–water partition coefficient (Wildman–Crippen LogP) is 2.43. The van der Waals surface area contributed by atoms with Crippen LogP contribution in [0.2, 0.25) is 0 Å². The van der Waals surface area contributed by atoms with Gasteiger partial charge in [0.2, 0.25) is 5.91 Å². The van der Waals surface area contributed by atoms with Crippen LogP contribution in [0.4, 0.5) is 0 Å². The number of carbonyl (C=O) groups is 2. The van der Waals surface area contributed by atoms with Crippen molar-refractivity contribution in [1.82, 2.24) is 5.32 Å². The number of carbonyl (C=O) groups excluding carboxylic acids is 1. The van der Waals surface area contributed by atoms with Gasteiger partial charge in [-0.3, -0.25) is 9.59 Å². The lowest BCUT2D eigenvalue weighted by atomic mass is 9.86. The average molecular weight is 243 g/mol. The van der Waals surface area contributed by atoms with E-state index in [2.05, 4.69) is 5.32 Å². The van der Waals surface area contributed by atoms with Crippen molar-refractivity contribution in [2.24, 2.45) is 10.8 Å². The Morgan fingerprint density at radius 3 is 1.88 bits per heavy atom. The van der Waals surface area contributed by atoms with Crippen LogP contribution in [-0.2, 0) is 9.59 Å². The van der Waals surface area contributed by atoms with Crippen molar-refractivity contribution in [3.63, 3.8) is 0 Å². The van der Waals surface area contributed by atoms with Gasteiger partial charge in [-0.15, -0.1) is 0 Å². The van der Waals surface area contributed by atoms with Gasteiger partial charge in [0.25, 0.3) is 0 Å². The molecule has 0 aromatic carbocycles. The summed E-state index contributed by atoms with van der Waals surface area (Å²) >= 11 is 0. The summed E-state index contributed by atoms with van der Waals surface area (Å²) in [5.41, 5.74) is -0.500. The normalized spacial score (nSPS) is 14.2. The standard InChI is InChI=1S/C13H25NO3/c1-12(2,3)8-9(7-10(15)16)14-11(17)13(4,5)6/h9H,7-8H2,1-6H3,(H,14,17)(H,15,16). The Labute approximate surface area is 104 Å². The van der Waals surface area contributed by atoms with Gasteiger partial charge >= 0.3 is 5.97 Å². The molecule has 0 radical (unpaired) electrons. The summed E-state index contributed by atoms with van der Waals surface area (Å²) in [5.74, 6) is -0.985. The highest BCUT2D eigenvalue weighted by molar-refractivity contribution is 5.82. The van der Waals surface area contributed by atoms with Crippen LogP contribution in [-0.4, -0.2) is 23.0 Å². The molecule has 0 fully saturated rings. The van der Waals surface area contributed by atoms with Crippen LogP contribution < -0.4 is 5.32 Å². The van der Waals surface area contributed by atoms with Crippen molar-refractivity contribution < 1.29 is 14.7 Å². The van der Waals surface area contributed by atoms with Crippen LogP contribution in [0, 0.1) is 10.8 Å². The lowest BCUT2D eigenvalue weighted by Gasteiger charge is -2.28. The Bertz CT molecular complexity index is 284. The molecule has 17 heavy (non-hydrogen) atoms. The number of hydrogen-bond donors (Lipinski definition) is 2. The second-order valence-corrected chi connectivity index (χ2v) is 6.78. The first kappa shape index (κ1) is 15.9. The fourth-order valence-corrected chi connectivity index (χ4v) is 1.53. The van der Waals surface area contributed by atoms with Crippen molar-refractivity contribution in [3.05, 3.63) is 0 Å².